The lowest BCUT2D eigenvalue weighted by Crippen LogP contribution is -2.44. The molecule has 2 N–H and O–H groups in total. The summed E-state index contributed by atoms with van der Waals surface area (Å²) in [7, 11) is -2.08. The zero-order chi connectivity index (χ0) is 18.5. The number of nitrogens with zero attached hydrogens (tertiary/aromatic N) is 1. The zero-order valence-electron chi connectivity index (χ0n) is 13.5. The highest BCUT2D eigenvalue weighted by molar-refractivity contribution is 7.88. The van der Waals surface area contributed by atoms with Crippen LogP contribution in [0.5, 0.6) is 0 Å². The van der Waals surface area contributed by atoms with E-state index in [4.69, 9.17) is 0 Å². The van der Waals surface area contributed by atoms with Crippen molar-refractivity contribution >= 4 is 21.6 Å². The van der Waals surface area contributed by atoms with E-state index in [9.17, 15) is 26.4 Å². The molecule has 0 aliphatic heterocycles. The Balaban J connectivity index is 2.61. The summed E-state index contributed by atoms with van der Waals surface area (Å²) < 4.78 is 61.3. The first kappa shape index (κ1) is 20.4. The molecule has 1 aromatic rings. The van der Waals surface area contributed by atoms with E-state index in [1.807, 2.05) is 0 Å². The van der Waals surface area contributed by atoms with Gasteiger partial charge in [-0.2, -0.15) is 13.2 Å². The van der Waals surface area contributed by atoms with Gasteiger partial charge in [0.15, 0.2) is 0 Å². The highest BCUT2D eigenvalue weighted by Gasteiger charge is 2.32. The molecule has 0 heterocycles. The fraction of sp³-hybridized carbons (Fsp3) is 0.500. The third-order valence-electron chi connectivity index (χ3n) is 3.23. The van der Waals surface area contributed by atoms with E-state index in [0.29, 0.717) is 11.3 Å². The van der Waals surface area contributed by atoms with Crippen LogP contribution in [0.1, 0.15) is 12.5 Å². The van der Waals surface area contributed by atoms with Crippen molar-refractivity contribution in [3.8, 4) is 0 Å². The van der Waals surface area contributed by atoms with E-state index in [2.05, 4.69) is 10.0 Å². The number of hydrogen-bond donors (Lipinski definition) is 2. The third kappa shape index (κ3) is 7.75. The highest BCUT2D eigenvalue weighted by atomic mass is 32.2. The Hall–Kier alpha value is -1.65. The molecule has 1 amide bonds. The van der Waals surface area contributed by atoms with Crippen molar-refractivity contribution < 1.29 is 26.4 Å². The number of rotatable bonds is 7. The van der Waals surface area contributed by atoms with E-state index in [1.54, 1.807) is 24.3 Å². The number of amides is 1. The monoisotopic (exact) mass is 367 g/mol. The fourth-order valence-corrected chi connectivity index (χ4v) is 2.22. The summed E-state index contributed by atoms with van der Waals surface area (Å²) in [4.78, 5) is 12.9. The highest BCUT2D eigenvalue weighted by Crippen LogP contribution is 2.17. The van der Waals surface area contributed by atoms with Gasteiger partial charge in [-0.1, -0.05) is 12.1 Å². The number of alkyl halides is 3. The molecule has 0 saturated carbocycles. The van der Waals surface area contributed by atoms with E-state index in [0.717, 1.165) is 11.2 Å². The van der Waals surface area contributed by atoms with Crippen molar-refractivity contribution in [2.24, 2.45) is 0 Å². The van der Waals surface area contributed by atoms with Gasteiger partial charge in [0.1, 0.15) is 0 Å². The molecule has 0 aliphatic rings. The fourth-order valence-electron chi connectivity index (χ4n) is 1.79. The minimum Gasteiger partial charge on any atom is -0.325 e. The average Bonchev–Trinajstić information content (AvgIpc) is 2.43. The van der Waals surface area contributed by atoms with Crippen LogP contribution in [-0.4, -0.2) is 51.3 Å². The first-order valence-electron chi connectivity index (χ1n) is 6.99. The summed E-state index contributed by atoms with van der Waals surface area (Å²) in [6, 6.07) is 5.36. The summed E-state index contributed by atoms with van der Waals surface area (Å²) in [6.07, 6.45) is -3.34. The molecule has 0 radical (unpaired) electrons. The van der Waals surface area contributed by atoms with Gasteiger partial charge in [-0.05, 0) is 31.7 Å². The summed E-state index contributed by atoms with van der Waals surface area (Å²) in [5, 5.41) is 2.52. The molecule has 6 nitrogen and oxygen atoms in total. The molecule has 0 unspecified atom stereocenters. The van der Waals surface area contributed by atoms with Crippen molar-refractivity contribution in [3.63, 3.8) is 0 Å². The molecule has 1 atom stereocenters. The number of halogens is 3. The van der Waals surface area contributed by atoms with Gasteiger partial charge in [-0.3, -0.25) is 9.69 Å². The van der Waals surface area contributed by atoms with E-state index in [1.165, 1.54) is 14.0 Å². The maximum Gasteiger partial charge on any atom is 0.401 e. The minimum absolute atomic E-state index is 0.109. The van der Waals surface area contributed by atoms with Gasteiger partial charge in [0.25, 0.3) is 0 Å². The number of carbonyl (C=O) groups is 1. The Morgan fingerprint density at radius 1 is 1.25 bits per heavy atom. The first-order valence-corrected chi connectivity index (χ1v) is 8.88. The van der Waals surface area contributed by atoms with E-state index >= 15 is 0 Å². The van der Waals surface area contributed by atoms with Gasteiger partial charge in [0.05, 0.1) is 18.8 Å². The Bertz CT molecular complexity index is 660. The molecule has 0 fully saturated rings. The number of likely N-dealkylation sites (N-methyl/N-ethyl adjacent to an activating group) is 1. The van der Waals surface area contributed by atoms with Gasteiger partial charge < -0.3 is 5.32 Å². The number of benzene rings is 1. The summed E-state index contributed by atoms with van der Waals surface area (Å²) >= 11 is 0. The van der Waals surface area contributed by atoms with Gasteiger partial charge >= 0.3 is 6.18 Å². The van der Waals surface area contributed by atoms with Crippen LogP contribution in [0, 0.1) is 0 Å². The third-order valence-corrected chi connectivity index (χ3v) is 3.90. The number of nitrogens with one attached hydrogen (secondary N) is 2. The van der Waals surface area contributed by atoms with Crippen LogP contribution >= 0.6 is 0 Å². The van der Waals surface area contributed by atoms with E-state index in [-0.39, 0.29) is 6.54 Å². The predicted molar refractivity (Wildman–Crippen MR) is 84.9 cm³/mol. The van der Waals surface area contributed by atoms with Crippen LogP contribution in [0.3, 0.4) is 0 Å². The topological polar surface area (TPSA) is 78.5 Å². The molecule has 0 bridgehead atoms. The first-order chi connectivity index (χ1) is 10.9. The lowest BCUT2D eigenvalue weighted by Gasteiger charge is -2.24. The Labute approximate surface area is 139 Å². The maximum absolute atomic E-state index is 12.3. The quantitative estimate of drug-likeness (QED) is 0.767. The number of sulfonamides is 1. The van der Waals surface area contributed by atoms with Crippen LogP contribution in [-0.2, 0) is 21.4 Å². The molecule has 0 spiro atoms. The number of hydrogen-bond acceptors (Lipinski definition) is 4. The number of anilines is 1. The summed E-state index contributed by atoms with van der Waals surface area (Å²) in [5.74, 6) is -0.566. The lowest BCUT2D eigenvalue weighted by atomic mass is 10.2. The molecule has 136 valence electrons. The molecular weight excluding hydrogens is 347 g/mol. The average molecular weight is 367 g/mol. The van der Waals surface area contributed by atoms with Gasteiger partial charge in [0.2, 0.25) is 15.9 Å². The van der Waals surface area contributed by atoms with E-state index < -0.39 is 34.7 Å². The van der Waals surface area contributed by atoms with Crippen LogP contribution in [0.2, 0.25) is 0 Å². The van der Waals surface area contributed by atoms with Crippen LogP contribution in [0.25, 0.3) is 0 Å². The molecule has 1 aromatic carbocycles. The molecule has 24 heavy (non-hydrogen) atoms. The van der Waals surface area contributed by atoms with Crippen molar-refractivity contribution in [2.45, 2.75) is 25.7 Å². The standard InChI is InChI=1S/C14H20F3N3O3S/c1-10(20(2)9-14(15,16)17)13(21)19-12-6-4-11(5-7-12)8-18-24(3,22)23/h4-7,10,18H,8-9H2,1-3H3,(H,19,21)/t10-/m1/s1. The van der Waals surface area contributed by atoms with Gasteiger partial charge in [0, 0.05) is 12.2 Å². The van der Waals surface area contributed by atoms with Crippen LogP contribution in [0.15, 0.2) is 24.3 Å². The summed E-state index contributed by atoms with van der Waals surface area (Å²) in [6.45, 7) is 0.306. The smallest absolute Gasteiger partial charge is 0.325 e. The number of carbonyl (C=O) groups excluding carboxylic acids is 1. The van der Waals surface area contributed by atoms with Crippen LogP contribution in [0.4, 0.5) is 18.9 Å². The summed E-state index contributed by atoms with van der Waals surface area (Å²) in [5.41, 5.74) is 1.09. The minimum atomic E-state index is -4.38. The largest absolute Gasteiger partial charge is 0.401 e. The molecule has 1 rings (SSSR count). The van der Waals surface area contributed by atoms with Crippen molar-refractivity contribution in [2.75, 3.05) is 25.2 Å². The normalized spacial score (nSPS) is 13.8. The second-order valence-corrected chi connectivity index (χ2v) is 7.32. The van der Waals surface area contributed by atoms with Crippen molar-refractivity contribution in [3.05, 3.63) is 29.8 Å². The van der Waals surface area contributed by atoms with Gasteiger partial charge in [-0.25, -0.2) is 13.1 Å². The Kier molecular flexibility index (Phi) is 6.76. The van der Waals surface area contributed by atoms with Crippen LogP contribution < -0.4 is 10.0 Å². The Morgan fingerprint density at radius 2 is 1.79 bits per heavy atom. The molecule has 0 saturated heterocycles. The molecule has 10 heteroatoms. The molecule has 0 aliphatic carbocycles. The lowest BCUT2D eigenvalue weighted by molar-refractivity contribution is -0.149. The zero-order valence-corrected chi connectivity index (χ0v) is 14.3. The second-order valence-electron chi connectivity index (χ2n) is 5.49. The SMILES string of the molecule is C[C@H](C(=O)Nc1ccc(CNS(C)(=O)=O)cc1)N(C)CC(F)(F)F. The maximum atomic E-state index is 12.3. The Morgan fingerprint density at radius 3 is 2.25 bits per heavy atom. The molecular formula is C14H20F3N3O3S. The predicted octanol–water partition coefficient (Wildman–Crippen LogP) is 1.56. The molecule has 0 aromatic heterocycles. The van der Waals surface area contributed by atoms with Crippen molar-refractivity contribution in [1.82, 2.24) is 9.62 Å². The second kappa shape index (κ2) is 7.95. The van der Waals surface area contributed by atoms with Crippen molar-refractivity contribution in [1.29, 1.82) is 0 Å². The van der Waals surface area contributed by atoms with Gasteiger partial charge in [-0.15, -0.1) is 0 Å².